The second-order valence-electron chi connectivity index (χ2n) is 7.47. The van der Waals surface area contributed by atoms with Gasteiger partial charge < -0.3 is 15.1 Å². The van der Waals surface area contributed by atoms with Gasteiger partial charge in [0.25, 0.3) is 0 Å². The van der Waals surface area contributed by atoms with Gasteiger partial charge >= 0.3 is 11.9 Å². The molecule has 0 aliphatic rings. The monoisotopic (exact) mass is 480 g/mol. The Morgan fingerprint density at radius 1 is 1.12 bits per heavy atom. The minimum absolute atomic E-state index is 0.0568. The molecule has 11 nitrogen and oxygen atoms in total. The van der Waals surface area contributed by atoms with Crippen LogP contribution in [0.5, 0.6) is 0 Å². The van der Waals surface area contributed by atoms with E-state index in [9.17, 15) is 24.6 Å². The van der Waals surface area contributed by atoms with Gasteiger partial charge in [-0.3, -0.25) is 9.89 Å². The number of fused-ring (bicyclic) bond motifs is 1. The number of benzene rings is 1. The van der Waals surface area contributed by atoms with Gasteiger partial charge in [0.05, 0.1) is 22.1 Å². The van der Waals surface area contributed by atoms with Crippen molar-refractivity contribution in [1.29, 1.82) is 0 Å². The van der Waals surface area contributed by atoms with Crippen molar-refractivity contribution in [2.75, 3.05) is 4.90 Å². The van der Waals surface area contributed by atoms with Crippen molar-refractivity contribution in [3.05, 3.63) is 65.2 Å². The number of carboxylic acid groups (broad SMARTS) is 2. The van der Waals surface area contributed by atoms with E-state index in [0.29, 0.717) is 32.8 Å². The maximum atomic E-state index is 12.6. The second-order valence-corrected chi connectivity index (χ2v) is 8.47. The third kappa shape index (κ3) is 4.10. The van der Waals surface area contributed by atoms with Gasteiger partial charge in [-0.15, -0.1) is 10.2 Å². The highest BCUT2D eigenvalue weighted by Gasteiger charge is 2.28. The maximum absolute atomic E-state index is 12.6. The van der Waals surface area contributed by atoms with Crippen LogP contribution < -0.4 is 4.90 Å². The van der Waals surface area contributed by atoms with E-state index in [1.807, 2.05) is 6.92 Å². The van der Waals surface area contributed by atoms with E-state index in [1.54, 1.807) is 29.6 Å². The van der Waals surface area contributed by atoms with Crippen LogP contribution in [0.4, 0.5) is 5.69 Å². The summed E-state index contributed by atoms with van der Waals surface area (Å²) in [5.41, 5.74) is 1.71. The molecular weight excluding hydrogens is 460 g/mol. The van der Waals surface area contributed by atoms with Gasteiger partial charge in [0, 0.05) is 24.5 Å². The van der Waals surface area contributed by atoms with E-state index in [4.69, 9.17) is 0 Å². The van der Waals surface area contributed by atoms with Crippen LogP contribution in [0.15, 0.2) is 52.5 Å². The van der Waals surface area contributed by atoms with Gasteiger partial charge in [-0.25, -0.2) is 19.1 Å². The average molecular weight is 481 g/mol. The number of carbonyl (C=O) groups is 3. The number of pyridine rings is 1. The molecule has 34 heavy (non-hydrogen) atoms. The summed E-state index contributed by atoms with van der Waals surface area (Å²) in [7, 11) is 0. The zero-order valence-corrected chi connectivity index (χ0v) is 19.2. The van der Waals surface area contributed by atoms with E-state index in [-0.39, 0.29) is 17.0 Å². The highest BCUT2D eigenvalue weighted by atomic mass is 32.2. The van der Waals surface area contributed by atoms with Crippen molar-refractivity contribution < 1.29 is 24.6 Å². The first-order valence-electron chi connectivity index (χ1n) is 10.1. The van der Waals surface area contributed by atoms with Crippen molar-refractivity contribution in [1.82, 2.24) is 24.8 Å². The third-order valence-electron chi connectivity index (χ3n) is 5.18. The molecule has 1 atom stereocenters. The quantitative estimate of drug-likeness (QED) is 0.361. The predicted molar refractivity (Wildman–Crippen MR) is 122 cm³/mol. The molecule has 12 heteroatoms. The summed E-state index contributed by atoms with van der Waals surface area (Å²) in [6.45, 7) is 4.96. The summed E-state index contributed by atoms with van der Waals surface area (Å²) in [4.78, 5) is 41.8. The molecule has 3 N–H and O–H groups in total. The molecule has 0 radical (unpaired) electrons. The van der Waals surface area contributed by atoms with E-state index in [1.165, 1.54) is 36.2 Å². The van der Waals surface area contributed by atoms with Gasteiger partial charge in [-0.05, 0) is 44.2 Å². The lowest BCUT2D eigenvalue weighted by Gasteiger charge is -2.27. The van der Waals surface area contributed by atoms with Crippen LogP contribution in [-0.4, -0.2) is 52.9 Å². The minimum atomic E-state index is -1.10. The molecule has 174 valence electrons. The molecule has 1 amide bonds. The number of amides is 1. The summed E-state index contributed by atoms with van der Waals surface area (Å²) in [5.74, 6) is -2.07. The summed E-state index contributed by atoms with van der Waals surface area (Å²) in [5, 5.41) is 30.8. The normalized spacial score (nSPS) is 12.0. The van der Waals surface area contributed by atoms with E-state index in [0.717, 1.165) is 11.8 Å². The predicted octanol–water partition coefficient (Wildman–Crippen LogP) is 3.42. The number of hydrogen-bond donors (Lipinski definition) is 3. The van der Waals surface area contributed by atoms with Crippen molar-refractivity contribution in [2.45, 2.75) is 36.7 Å². The molecule has 0 aliphatic heterocycles. The number of aryl methyl sites for hydroxylation is 1. The van der Waals surface area contributed by atoms with Crippen molar-refractivity contribution in [3.8, 4) is 0 Å². The minimum Gasteiger partial charge on any atom is -0.478 e. The fourth-order valence-electron chi connectivity index (χ4n) is 3.65. The average Bonchev–Trinajstić information content (AvgIpc) is 3.33. The largest absolute Gasteiger partial charge is 0.478 e. The topological polar surface area (TPSA) is 154 Å². The Labute approximate surface area is 197 Å². The molecule has 3 heterocycles. The zero-order chi connectivity index (χ0) is 24.6. The number of rotatable bonds is 7. The van der Waals surface area contributed by atoms with Crippen molar-refractivity contribution in [2.24, 2.45) is 0 Å². The Kier molecular flexibility index (Phi) is 6.07. The lowest BCUT2D eigenvalue weighted by atomic mass is 10.1. The molecule has 0 fully saturated rings. The SMILES string of the molecule is CC(=O)N(c1cccc(C(=O)O)c1)C(C)c1nnc2c(Sc3ncccc3C(=O)O)c(C)[nH]n12. The lowest BCUT2D eigenvalue weighted by Crippen LogP contribution is -2.32. The number of nitrogens with one attached hydrogen (secondary N) is 1. The van der Waals surface area contributed by atoms with Crippen LogP contribution >= 0.6 is 11.8 Å². The van der Waals surface area contributed by atoms with E-state index < -0.39 is 18.0 Å². The summed E-state index contributed by atoms with van der Waals surface area (Å²) in [6.07, 6.45) is 1.52. The van der Waals surface area contributed by atoms with Gasteiger partial charge in [0.1, 0.15) is 5.03 Å². The molecule has 4 aromatic rings. The molecular formula is C22H20N6O5S. The Balaban J connectivity index is 1.75. The number of aromatic nitrogens is 5. The van der Waals surface area contributed by atoms with E-state index in [2.05, 4.69) is 20.3 Å². The van der Waals surface area contributed by atoms with E-state index >= 15 is 0 Å². The van der Waals surface area contributed by atoms with Crippen molar-refractivity contribution >= 4 is 40.9 Å². The molecule has 3 aromatic heterocycles. The molecule has 0 spiro atoms. The first kappa shape index (κ1) is 23.0. The van der Waals surface area contributed by atoms with Crippen LogP contribution in [-0.2, 0) is 4.79 Å². The number of aromatic carboxylic acids is 2. The summed E-state index contributed by atoms with van der Waals surface area (Å²) >= 11 is 1.15. The first-order chi connectivity index (χ1) is 16.2. The molecule has 0 aliphatic carbocycles. The highest BCUT2D eigenvalue weighted by Crippen LogP contribution is 2.35. The van der Waals surface area contributed by atoms with Crippen LogP contribution in [0.25, 0.3) is 5.65 Å². The number of aromatic amines is 1. The molecule has 0 saturated carbocycles. The van der Waals surface area contributed by atoms with Gasteiger partial charge in [0.2, 0.25) is 5.91 Å². The molecule has 0 bridgehead atoms. The van der Waals surface area contributed by atoms with Crippen LogP contribution in [0, 0.1) is 6.92 Å². The number of nitrogens with zero attached hydrogens (tertiary/aromatic N) is 5. The fraction of sp³-hybridized carbons (Fsp3) is 0.182. The standard InChI is InChI=1S/C22H20N6O5S/c1-11-17(34-20-16(22(32)33)8-5-9-23-20)19-25-24-18(28(19)26-11)12(2)27(13(3)29)15-7-4-6-14(10-15)21(30)31/h4-10,12,26H,1-3H3,(H,30,31)(H,32,33). The first-order valence-corrected chi connectivity index (χ1v) is 10.9. The number of carboxylic acids is 2. The lowest BCUT2D eigenvalue weighted by molar-refractivity contribution is -0.117. The fourth-order valence-corrected chi connectivity index (χ4v) is 4.64. The number of anilines is 1. The Hall–Kier alpha value is -4.19. The van der Waals surface area contributed by atoms with Gasteiger partial charge in [-0.1, -0.05) is 17.8 Å². The maximum Gasteiger partial charge on any atom is 0.338 e. The molecule has 4 rings (SSSR count). The number of carbonyl (C=O) groups excluding carboxylic acids is 1. The Bertz CT molecular complexity index is 1430. The molecule has 0 saturated heterocycles. The molecule has 1 unspecified atom stereocenters. The Morgan fingerprint density at radius 2 is 1.88 bits per heavy atom. The number of H-pyrrole nitrogens is 1. The van der Waals surface area contributed by atoms with Gasteiger partial charge in [-0.2, -0.15) is 0 Å². The second kappa shape index (κ2) is 8.98. The Morgan fingerprint density at radius 3 is 2.56 bits per heavy atom. The zero-order valence-electron chi connectivity index (χ0n) is 18.4. The summed E-state index contributed by atoms with van der Waals surface area (Å²) in [6, 6.07) is 8.53. The van der Waals surface area contributed by atoms with Gasteiger partial charge in [0.15, 0.2) is 11.5 Å². The third-order valence-corrected chi connectivity index (χ3v) is 6.39. The van der Waals surface area contributed by atoms with Crippen LogP contribution in [0.2, 0.25) is 0 Å². The van der Waals surface area contributed by atoms with Crippen LogP contribution in [0.3, 0.4) is 0 Å². The molecule has 1 aromatic carbocycles. The summed E-state index contributed by atoms with van der Waals surface area (Å²) < 4.78 is 1.63. The smallest absolute Gasteiger partial charge is 0.338 e. The highest BCUT2D eigenvalue weighted by molar-refractivity contribution is 7.99. The van der Waals surface area contributed by atoms with Crippen molar-refractivity contribution in [3.63, 3.8) is 0 Å². The van der Waals surface area contributed by atoms with Crippen LogP contribution in [0.1, 0.15) is 52.1 Å². The number of hydrogen-bond acceptors (Lipinski definition) is 7.